The number of carbonyl (C=O) groups is 1. The summed E-state index contributed by atoms with van der Waals surface area (Å²) in [5.41, 5.74) is 4.60. The Kier molecular flexibility index (Phi) is 8.39. The van der Waals surface area contributed by atoms with Crippen molar-refractivity contribution in [3.63, 3.8) is 0 Å². The number of phenols is 1. The van der Waals surface area contributed by atoms with Gasteiger partial charge in [0, 0.05) is 0 Å². The molecule has 0 saturated carbocycles. The van der Waals surface area contributed by atoms with E-state index in [2.05, 4.69) is 41.5 Å². The van der Waals surface area contributed by atoms with Gasteiger partial charge in [0.1, 0.15) is 5.75 Å². The zero-order valence-corrected chi connectivity index (χ0v) is 22.0. The molecule has 1 N–H and O–H groups in total. The van der Waals surface area contributed by atoms with Crippen molar-refractivity contribution in [3.8, 4) is 5.75 Å². The lowest BCUT2D eigenvalue weighted by molar-refractivity contribution is -0.197. The Morgan fingerprint density at radius 3 is 1.57 bits per heavy atom. The molecule has 0 aliphatic rings. The Bertz CT molecular complexity index is 1030. The highest BCUT2D eigenvalue weighted by molar-refractivity contribution is 5.69. The molecule has 0 atom stereocenters. The molecule has 0 heterocycles. The van der Waals surface area contributed by atoms with Gasteiger partial charge in [0.25, 0.3) is 0 Å². The summed E-state index contributed by atoms with van der Waals surface area (Å²) in [5, 5.41) is 12.7. The molecule has 0 bridgehead atoms. The highest BCUT2D eigenvalue weighted by atomic mass is 16.7. The third kappa shape index (κ3) is 7.69. The predicted molar refractivity (Wildman–Crippen MR) is 142 cm³/mol. The fourth-order valence-corrected chi connectivity index (χ4v) is 4.11. The number of hydrogen-bond acceptors (Lipinski definition) is 4. The van der Waals surface area contributed by atoms with Crippen molar-refractivity contribution in [2.45, 2.75) is 78.3 Å². The van der Waals surface area contributed by atoms with Crippen LogP contribution in [0.5, 0.6) is 5.75 Å². The summed E-state index contributed by atoms with van der Waals surface area (Å²) in [7, 11) is 0. The topological polar surface area (TPSA) is 49.8 Å². The van der Waals surface area contributed by atoms with Crippen molar-refractivity contribution < 1.29 is 14.7 Å². The van der Waals surface area contributed by atoms with Gasteiger partial charge >= 0.3 is 5.97 Å². The molecule has 0 unspecified atom stereocenters. The zero-order valence-electron chi connectivity index (χ0n) is 22.0. The quantitative estimate of drug-likeness (QED) is 0.355. The van der Waals surface area contributed by atoms with E-state index < -0.39 is 0 Å². The van der Waals surface area contributed by atoms with Crippen LogP contribution in [-0.4, -0.2) is 16.1 Å². The molecular formula is C31H39NO3. The van der Waals surface area contributed by atoms with Gasteiger partial charge in [0.2, 0.25) is 0 Å². The average Bonchev–Trinajstić information content (AvgIpc) is 2.78. The maximum Gasteiger partial charge on any atom is 0.325 e. The first kappa shape index (κ1) is 26.5. The lowest BCUT2D eigenvalue weighted by atomic mass is 9.78. The summed E-state index contributed by atoms with van der Waals surface area (Å²) in [6, 6.07) is 24.1. The first-order valence-electron chi connectivity index (χ1n) is 12.3. The van der Waals surface area contributed by atoms with Crippen LogP contribution in [0, 0.1) is 0 Å². The van der Waals surface area contributed by atoms with Gasteiger partial charge in [0.05, 0.1) is 19.5 Å². The highest BCUT2D eigenvalue weighted by Gasteiger charge is 2.26. The first-order chi connectivity index (χ1) is 16.4. The Labute approximate surface area is 210 Å². The Balaban J connectivity index is 1.75. The number of hydrogen-bond donors (Lipinski definition) is 1. The van der Waals surface area contributed by atoms with Crippen LogP contribution in [0.2, 0.25) is 0 Å². The molecule has 4 heteroatoms. The van der Waals surface area contributed by atoms with E-state index in [1.165, 1.54) is 0 Å². The van der Waals surface area contributed by atoms with E-state index in [1.807, 2.05) is 72.8 Å². The molecule has 186 valence electrons. The molecule has 0 fully saturated rings. The number of aryl methyl sites for hydroxylation is 1. The molecular weight excluding hydrogens is 434 g/mol. The molecule has 0 aromatic heterocycles. The Morgan fingerprint density at radius 1 is 0.743 bits per heavy atom. The molecule has 0 aliphatic carbocycles. The highest BCUT2D eigenvalue weighted by Crippen LogP contribution is 2.40. The maximum atomic E-state index is 12.9. The fourth-order valence-electron chi connectivity index (χ4n) is 4.11. The lowest BCUT2D eigenvalue weighted by Crippen LogP contribution is -2.27. The number of phenolic OH excluding ortho intramolecular Hbond substituents is 1. The molecule has 4 nitrogen and oxygen atoms in total. The number of carbonyl (C=O) groups excluding carboxylic acids is 1. The van der Waals surface area contributed by atoms with Gasteiger partial charge in [0.15, 0.2) is 0 Å². The number of nitrogens with zero attached hydrogens (tertiary/aromatic N) is 1. The maximum absolute atomic E-state index is 12.9. The van der Waals surface area contributed by atoms with Gasteiger partial charge in [-0.15, -0.1) is 5.06 Å². The van der Waals surface area contributed by atoms with E-state index in [4.69, 9.17) is 4.84 Å². The third-order valence-electron chi connectivity index (χ3n) is 6.04. The summed E-state index contributed by atoms with van der Waals surface area (Å²) in [5.74, 6) is 0.0905. The van der Waals surface area contributed by atoms with Crippen molar-refractivity contribution in [3.05, 3.63) is 101 Å². The molecule has 3 rings (SSSR count). The molecule has 0 radical (unpaired) electrons. The second kappa shape index (κ2) is 11.1. The molecule has 35 heavy (non-hydrogen) atoms. The van der Waals surface area contributed by atoms with Crippen LogP contribution in [0.25, 0.3) is 0 Å². The second-order valence-corrected chi connectivity index (χ2v) is 11.3. The third-order valence-corrected chi connectivity index (χ3v) is 6.04. The molecule has 3 aromatic carbocycles. The molecule has 0 spiro atoms. The van der Waals surface area contributed by atoms with E-state index in [1.54, 1.807) is 5.06 Å². The SMILES string of the molecule is CC(C)(C)c1cc(CCC(=O)ON(Cc2ccccc2)Cc2ccccc2)cc(C(C)(C)C)c1O. The van der Waals surface area contributed by atoms with Crippen molar-refractivity contribution >= 4 is 5.97 Å². The number of hydroxylamine groups is 2. The van der Waals surface area contributed by atoms with E-state index in [0.717, 1.165) is 27.8 Å². The molecule has 0 saturated heterocycles. The van der Waals surface area contributed by atoms with Crippen molar-refractivity contribution in [2.24, 2.45) is 0 Å². The zero-order chi connectivity index (χ0) is 25.6. The van der Waals surface area contributed by atoms with E-state index in [-0.39, 0.29) is 23.2 Å². The van der Waals surface area contributed by atoms with Crippen LogP contribution < -0.4 is 0 Å². The Hall–Kier alpha value is -3.11. The van der Waals surface area contributed by atoms with Crippen LogP contribution >= 0.6 is 0 Å². The number of aromatic hydroxyl groups is 1. The van der Waals surface area contributed by atoms with Crippen LogP contribution in [-0.2, 0) is 40.0 Å². The standard InChI is InChI=1S/C31H39NO3/c1-30(2,3)26-19-25(20-27(29(26)34)31(4,5)6)17-18-28(33)35-32(21-23-13-9-7-10-14-23)22-24-15-11-8-12-16-24/h7-16,19-20,34H,17-18,21-22H2,1-6H3. The lowest BCUT2D eigenvalue weighted by Gasteiger charge is -2.28. The molecule has 3 aromatic rings. The second-order valence-electron chi connectivity index (χ2n) is 11.3. The fraction of sp³-hybridized carbons (Fsp3) is 0.387. The summed E-state index contributed by atoms with van der Waals surface area (Å²) >= 11 is 0. The van der Waals surface area contributed by atoms with E-state index in [9.17, 15) is 9.90 Å². The van der Waals surface area contributed by atoms with Gasteiger partial charge in [-0.25, -0.2) is 0 Å². The Morgan fingerprint density at radius 2 is 1.17 bits per heavy atom. The van der Waals surface area contributed by atoms with Gasteiger partial charge in [-0.05, 0) is 45.1 Å². The predicted octanol–water partition coefficient (Wildman–Crippen LogP) is 7.08. The van der Waals surface area contributed by atoms with Crippen LogP contribution in [0.15, 0.2) is 72.8 Å². The van der Waals surface area contributed by atoms with Gasteiger partial charge in [-0.2, -0.15) is 0 Å². The van der Waals surface area contributed by atoms with Gasteiger partial charge in [-0.3, -0.25) is 4.79 Å². The number of rotatable bonds is 8. The summed E-state index contributed by atoms with van der Waals surface area (Å²) in [6.07, 6.45) is 0.813. The normalized spacial score (nSPS) is 12.1. The van der Waals surface area contributed by atoms with Gasteiger partial charge < -0.3 is 9.94 Å². The average molecular weight is 474 g/mol. The largest absolute Gasteiger partial charge is 0.507 e. The molecule has 0 aliphatic heterocycles. The van der Waals surface area contributed by atoms with Crippen LogP contribution in [0.3, 0.4) is 0 Å². The van der Waals surface area contributed by atoms with Crippen LogP contribution in [0.1, 0.15) is 75.8 Å². The molecule has 0 amide bonds. The first-order valence-corrected chi connectivity index (χ1v) is 12.3. The van der Waals surface area contributed by atoms with E-state index in [0.29, 0.717) is 25.3 Å². The summed E-state index contributed by atoms with van der Waals surface area (Å²) in [6.45, 7) is 13.6. The minimum absolute atomic E-state index is 0.206. The minimum atomic E-state index is -0.264. The minimum Gasteiger partial charge on any atom is -0.507 e. The number of benzene rings is 3. The van der Waals surface area contributed by atoms with Gasteiger partial charge in [-0.1, -0.05) is 114 Å². The van der Waals surface area contributed by atoms with Crippen molar-refractivity contribution in [2.75, 3.05) is 0 Å². The monoisotopic (exact) mass is 473 g/mol. The smallest absolute Gasteiger partial charge is 0.325 e. The van der Waals surface area contributed by atoms with Crippen molar-refractivity contribution in [1.29, 1.82) is 0 Å². The summed E-state index contributed by atoms with van der Waals surface area (Å²) in [4.78, 5) is 18.8. The van der Waals surface area contributed by atoms with Crippen molar-refractivity contribution in [1.82, 2.24) is 5.06 Å². The summed E-state index contributed by atoms with van der Waals surface area (Å²) < 4.78 is 0. The van der Waals surface area contributed by atoms with E-state index >= 15 is 0 Å². The van der Waals surface area contributed by atoms with Crippen LogP contribution in [0.4, 0.5) is 0 Å².